The van der Waals surface area contributed by atoms with Crippen LogP contribution in [0.4, 0.5) is 5.13 Å². The van der Waals surface area contributed by atoms with E-state index in [1.807, 2.05) is 36.4 Å². The van der Waals surface area contributed by atoms with Crippen LogP contribution in [0.3, 0.4) is 0 Å². The number of hydrogen-bond donors (Lipinski definition) is 2. The minimum atomic E-state index is -0.987. The largest absolute Gasteiger partial charge is 0.508 e. The highest BCUT2D eigenvalue weighted by Crippen LogP contribution is 2.44. The molecule has 1 amide bonds. The number of nitrogens with zero attached hydrogens (tertiary/aromatic N) is 5. The number of imidazole rings is 1. The molecule has 6 rings (SSSR count). The summed E-state index contributed by atoms with van der Waals surface area (Å²) < 4.78 is 2.31. The van der Waals surface area contributed by atoms with Crippen LogP contribution in [0, 0.1) is 6.92 Å². The topological polar surface area (TPSA) is 121 Å². The van der Waals surface area contributed by atoms with Crippen LogP contribution < -0.4 is 4.90 Å². The highest BCUT2D eigenvalue weighted by atomic mass is 32.2. The second-order valence-electron chi connectivity index (χ2n) is 8.86. The van der Waals surface area contributed by atoms with E-state index in [0.29, 0.717) is 32.7 Å². The molecule has 9 nitrogen and oxygen atoms in total. The van der Waals surface area contributed by atoms with Crippen molar-refractivity contribution in [2.24, 2.45) is 0 Å². The summed E-state index contributed by atoms with van der Waals surface area (Å²) in [5.41, 5.74) is 2.97. The highest BCUT2D eigenvalue weighted by molar-refractivity contribution is 8.00. The zero-order chi connectivity index (χ0) is 27.1. The Hall–Kier alpha value is -4.48. The van der Waals surface area contributed by atoms with E-state index in [-0.39, 0.29) is 22.2 Å². The van der Waals surface area contributed by atoms with E-state index in [9.17, 15) is 19.8 Å². The number of benzene rings is 2. The summed E-state index contributed by atoms with van der Waals surface area (Å²) in [5, 5.41) is 30.2. The smallest absolute Gasteiger partial charge is 0.301 e. The molecule has 1 atom stereocenters. The van der Waals surface area contributed by atoms with Gasteiger partial charge in [-0.3, -0.25) is 18.9 Å². The number of rotatable bonds is 6. The Morgan fingerprint density at radius 3 is 2.51 bits per heavy atom. The highest BCUT2D eigenvalue weighted by Gasteiger charge is 2.48. The number of aliphatic hydroxyl groups excluding tert-OH is 1. The second kappa shape index (κ2) is 10.0. The molecule has 39 heavy (non-hydrogen) atoms. The number of aryl methyl sites for hydroxylation is 1. The maximum atomic E-state index is 13.5. The Morgan fingerprint density at radius 1 is 1.00 bits per heavy atom. The molecule has 0 radical (unpaired) electrons. The van der Waals surface area contributed by atoms with Crippen molar-refractivity contribution in [2.45, 2.75) is 23.1 Å². The standard InChI is InChI=1S/C28H21N5O4S2/c1-16-22(32-14-6-5-9-20(32)29-16)24(35)21-23(18-10-12-19(34)13-11-18)33(26(37)25(21)36)27-30-31-28(39-27)38-15-17-7-3-2-4-8-17/h2-14,23,34-35H,15H2,1H3. The van der Waals surface area contributed by atoms with Gasteiger partial charge in [-0.25, -0.2) is 4.98 Å². The third kappa shape index (κ3) is 4.45. The first-order chi connectivity index (χ1) is 18.9. The Labute approximate surface area is 231 Å². The van der Waals surface area contributed by atoms with Crippen LogP contribution in [0.25, 0.3) is 11.4 Å². The molecule has 1 aliphatic rings. The summed E-state index contributed by atoms with van der Waals surface area (Å²) >= 11 is 2.67. The SMILES string of the molecule is Cc1nc2ccccn2c1C(O)=C1C(=O)C(=O)N(c2nnc(SCc3ccccc3)s2)C1c1ccc(O)cc1. The van der Waals surface area contributed by atoms with Gasteiger partial charge in [0.15, 0.2) is 10.1 Å². The van der Waals surface area contributed by atoms with Crippen LogP contribution in [-0.2, 0) is 15.3 Å². The fraction of sp³-hybridized carbons (Fsp3) is 0.107. The van der Waals surface area contributed by atoms with Crippen molar-refractivity contribution in [1.82, 2.24) is 19.6 Å². The lowest BCUT2D eigenvalue weighted by Crippen LogP contribution is -2.29. The van der Waals surface area contributed by atoms with Crippen LogP contribution in [0.15, 0.2) is 88.9 Å². The molecule has 3 aromatic heterocycles. The van der Waals surface area contributed by atoms with E-state index in [1.54, 1.807) is 41.8 Å². The number of ketones is 1. The van der Waals surface area contributed by atoms with Gasteiger partial charge in [-0.05, 0) is 42.3 Å². The van der Waals surface area contributed by atoms with E-state index in [4.69, 9.17) is 0 Å². The number of carbonyl (C=O) groups is 2. The predicted octanol–water partition coefficient (Wildman–Crippen LogP) is 5.12. The first-order valence-corrected chi connectivity index (χ1v) is 13.8. The van der Waals surface area contributed by atoms with Gasteiger partial charge in [0.1, 0.15) is 17.1 Å². The quantitative estimate of drug-likeness (QED) is 0.0974. The fourth-order valence-electron chi connectivity index (χ4n) is 4.61. The number of phenolic OH excluding ortho intramolecular Hbond substituents is 1. The molecule has 0 bridgehead atoms. The number of pyridine rings is 1. The number of Topliss-reactive ketones (excluding diaryl/α,β-unsaturated/α-hetero) is 1. The van der Waals surface area contributed by atoms with E-state index >= 15 is 0 Å². The molecule has 1 saturated heterocycles. The van der Waals surface area contributed by atoms with Crippen LogP contribution in [-0.4, -0.2) is 41.5 Å². The van der Waals surface area contributed by atoms with E-state index in [2.05, 4.69) is 15.2 Å². The van der Waals surface area contributed by atoms with Crippen molar-refractivity contribution in [2.75, 3.05) is 4.90 Å². The van der Waals surface area contributed by atoms with Gasteiger partial charge in [-0.2, -0.15) is 0 Å². The summed E-state index contributed by atoms with van der Waals surface area (Å²) in [6.07, 6.45) is 1.73. The first kappa shape index (κ1) is 24.8. The zero-order valence-corrected chi connectivity index (χ0v) is 22.2. The van der Waals surface area contributed by atoms with Crippen molar-refractivity contribution >= 4 is 51.3 Å². The molecule has 0 saturated carbocycles. The summed E-state index contributed by atoms with van der Waals surface area (Å²) in [6, 6.07) is 20.5. The number of phenols is 1. The van der Waals surface area contributed by atoms with Crippen molar-refractivity contribution < 1.29 is 19.8 Å². The molecule has 5 aromatic rings. The molecule has 1 aliphatic heterocycles. The van der Waals surface area contributed by atoms with Gasteiger partial charge in [0.25, 0.3) is 5.78 Å². The number of aliphatic hydroxyl groups is 1. The van der Waals surface area contributed by atoms with Gasteiger partial charge in [0.05, 0.1) is 17.3 Å². The van der Waals surface area contributed by atoms with Crippen LogP contribution in [0.1, 0.15) is 28.6 Å². The molecule has 2 N–H and O–H groups in total. The molecule has 194 valence electrons. The molecule has 1 fully saturated rings. The van der Waals surface area contributed by atoms with Crippen molar-refractivity contribution in [3.8, 4) is 5.75 Å². The first-order valence-electron chi connectivity index (χ1n) is 12.0. The summed E-state index contributed by atoms with van der Waals surface area (Å²) in [6.45, 7) is 1.73. The van der Waals surface area contributed by atoms with Crippen molar-refractivity contribution in [1.29, 1.82) is 0 Å². The average molecular weight is 556 g/mol. The summed E-state index contributed by atoms with van der Waals surface area (Å²) in [7, 11) is 0. The molecular weight excluding hydrogens is 534 g/mol. The number of anilines is 1. The number of aromatic nitrogens is 4. The number of hydrogen-bond acceptors (Lipinski definition) is 9. The monoisotopic (exact) mass is 555 g/mol. The molecule has 4 heterocycles. The molecule has 11 heteroatoms. The van der Waals surface area contributed by atoms with E-state index < -0.39 is 17.7 Å². The number of aromatic hydroxyl groups is 1. The van der Waals surface area contributed by atoms with Gasteiger partial charge in [-0.1, -0.05) is 71.6 Å². The Morgan fingerprint density at radius 2 is 1.74 bits per heavy atom. The Balaban J connectivity index is 1.45. The van der Waals surface area contributed by atoms with Gasteiger partial charge in [0.2, 0.25) is 5.13 Å². The van der Waals surface area contributed by atoms with Crippen molar-refractivity contribution in [3.05, 3.63) is 107 Å². The van der Waals surface area contributed by atoms with E-state index in [0.717, 1.165) is 5.56 Å². The molecule has 1 unspecified atom stereocenters. The fourth-order valence-corrected chi connectivity index (χ4v) is 6.43. The third-order valence-corrected chi connectivity index (χ3v) is 8.52. The summed E-state index contributed by atoms with van der Waals surface area (Å²) in [5.74, 6) is -1.30. The number of amides is 1. The summed E-state index contributed by atoms with van der Waals surface area (Å²) in [4.78, 5) is 32.7. The Kier molecular flexibility index (Phi) is 6.37. The lowest BCUT2D eigenvalue weighted by atomic mass is 9.96. The van der Waals surface area contributed by atoms with Gasteiger partial charge in [0, 0.05) is 11.9 Å². The number of carbonyl (C=O) groups excluding carboxylic acids is 2. The lowest BCUT2D eigenvalue weighted by molar-refractivity contribution is -0.132. The third-order valence-electron chi connectivity index (χ3n) is 6.39. The predicted molar refractivity (Wildman–Crippen MR) is 149 cm³/mol. The van der Waals surface area contributed by atoms with Gasteiger partial charge >= 0.3 is 5.91 Å². The van der Waals surface area contributed by atoms with Crippen molar-refractivity contribution in [3.63, 3.8) is 0 Å². The van der Waals surface area contributed by atoms with Gasteiger partial charge in [-0.15, -0.1) is 10.2 Å². The van der Waals surface area contributed by atoms with Gasteiger partial charge < -0.3 is 10.2 Å². The minimum absolute atomic E-state index is 0.0313. The maximum absolute atomic E-state index is 13.5. The maximum Gasteiger partial charge on any atom is 0.301 e. The number of thioether (sulfide) groups is 1. The number of fused-ring (bicyclic) bond motifs is 1. The van der Waals surface area contributed by atoms with E-state index in [1.165, 1.54) is 40.1 Å². The lowest BCUT2D eigenvalue weighted by Gasteiger charge is -2.22. The Bertz CT molecular complexity index is 1740. The second-order valence-corrected chi connectivity index (χ2v) is 11.0. The van der Waals surface area contributed by atoms with Crippen LogP contribution in [0.2, 0.25) is 0 Å². The average Bonchev–Trinajstić information content (AvgIpc) is 3.62. The molecular formula is C28H21N5O4S2. The normalized spacial score (nSPS) is 16.8. The minimum Gasteiger partial charge on any atom is -0.508 e. The van der Waals surface area contributed by atoms with Crippen LogP contribution >= 0.6 is 23.1 Å². The molecule has 0 aliphatic carbocycles. The zero-order valence-electron chi connectivity index (χ0n) is 20.6. The van der Waals surface area contributed by atoms with Crippen LogP contribution in [0.5, 0.6) is 5.75 Å². The molecule has 2 aromatic carbocycles. The molecule has 0 spiro atoms.